The molecule has 1 aromatic carbocycles. The van der Waals surface area contributed by atoms with Gasteiger partial charge in [-0.15, -0.1) is 16.4 Å². The SMILES string of the molecule is CCOCc1ccc(-c2cnc([C@@H]3CCC4=CC(c5cc(Cl)ccc5-n5cnnn5)=CC(O)N43)[nH]2)s1. The summed E-state index contributed by atoms with van der Waals surface area (Å²) in [6.45, 7) is 3.31. The Balaban J connectivity index is 1.26. The van der Waals surface area contributed by atoms with Gasteiger partial charge in [-0.05, 0) is 78.2 Å². The number of fused-ring (bicyclic) bond motifs is 1. The van der Waals surface area contributed by atoms with Crippen molar-refractivity contribution in [2.75, 3.05) is 6.61 Å². The van der Waals surface area contributed by atoms with Gasteiger partial charge >= 0.3 is 0 Å². The quantitative estimate of drug-likeness (QED) is 0.362. The van der Waals surface area contributed by atoms with Gasteiger partial charge in [-0.1, -0.05) is 11.6 Å². The van der Waals surface area contributed by atoms with E-state index in [2.05, 4.69) is 43.7 Å². The van der Waals surface area contributed by atoms with Gasteiger partial charge in [0.25, 0.3) is 0 Å². The molecule has 0 amide bonds. The lowest BCUT2D eigenvalue weighted by atomic mass is 9.99. The normalized spacial score (nSPS) is 19.4. The Kier molecular flexibility index (Phi) is 6.18. The third-order valence-corrected chi connectivity index (χ3v) is 7.76. The molecule has 2 atom stereocenters. The minimum Gasteiger partial charge on any atom is -0.376 e. The number of halogens is 1. The minimum atomic E-state index is -0.804. The molecular weight excluding hydrogens is 498 g/mol. The number of aliphatic hydroxyl groups excluding tert-OH is 1. The van der Waals surface area contributed by atoms with Crippen LogP contribution in [0.15, 0.2) is 60.7 Å². The van der Waals surface area contributed by atoms with Gasteiger partial charge in [-0.3, -0.25) is 0 Å². The van der Waals surface area contributed by atoms with Crippen molar-refractivity contribution in [3.05, 3.63) is 82.0 Å². The second-order valence-corrected chi connectivity index (χ2v) is 10.2. The minimum absolute atomic E-state index is 0.0426. The molecule has 9 nitrogen and oxygen atoms in total. The fourth-order valence-corrected chi connectivity index (χ4v) is 5.89. The summed E-state index contributed by atoms with van der Waals surface area (Å²) in [5, 5.41) is 23.3. The molecule has 5 heterocycles. The van der Waals surface area contributed by atoms with Crippen LogP contribution in [0.4, 0.5) is 0 Å². The van der Waals surface area contributed by atoms with Crippen molar-refractivity contribution in [1.29, 1.82) is 0 Å². The summed E-state index contributed by atoms with van der Waals surface area (Å²) >= 11 is 8.02. The van der Waals surface area contributed by atoms with Crippen LogP contribution in [-0.2, 0) is 11.3 Å². The summed E-state index contributed by atoms with van der Waals surface area (Å²) in [5.74, 6) is 0.848. The highest BCUT2D eigenvalue weighted by Gasteiger charge is 2.37. The van der Waals surface area contributed by atoms with Crippen LogP contribution in [0.2, 0.25) is 5.02 Å². The van der Waals surface area contributed by atoms with E-state index in [1.54, 1.807) is 28.4 Å². The molecule has 0 aliphatic carbocycles. The maximum atomic E-state index is 11.2. The summed E-state index contributed by atoms with van der Waals surface area (Å²) in [6.07, 6.45) is 8.23. The van der Waals surface area contributed by atoms with E-state index in [1.165, 1.54) is 4.88 Å². The summed E-state index contributed by atoms with van der Waals surface area (Å²) in [4.78, 5) is 12.5. The number of tetrazole rings is 1. The summed E-state index contributed by atoms with van der Waals surface area (Å²) in [6, 6.07) is 9.68. The molecule has 2 N–H and O–H groups in total. The van der Waals surface area contributed by atoms with Crippen molar-refractivity contribution < 1.29 is 9.84 Å². The Morgan fingerprint density at radius 1 is 1.28 bits per heavy atom. The second-order valence-electron chi connectivity index (χ2n) is 8.63. The fraction of sp³-hybridized carbons (Fsp3) is 0.280. The van der Waals surface area contributed by atoms with Gasteiger partial charge in [0.1, 0.15) is 18.4 Å². The van der Waals surface area contributed by atoms with Gasteiger partial charge in [0.15, 0.2) is 0 Å². The number of aromatic nitrogens is 6. The average Bonchev–Trinajstić information content (AvgIpc) is 3.68. The molecule has 0 spiro atoms. The number of allylic oxidation sites excluding steroid dienone is 3. The van der Waals surface area contributed by atoms with Gasteiger partial charge in [-0.2, -0.15) is 4.68 Å². The average molecular weight is 522 g/mol. The lowest BCUT2D eigenvalue weighted by molar-refractivity contribution is 0.0488. The predicted molar refractivity (Wildman–Crippen MR) is 137 cm³/mol. The number of imidazole rings is 1. The number of nitrogens with one attached hydrogen (secondary N) is 1. The van der Waals surface area contributed by atoms with Crippen LogP contribution in [-0.4, -0.2) is 53.0 Å². The van der Waals surface area contributed by atoms with Gasteiger partial charge in [0.2, 0.25) is 0 Å². The number of thiophene rings is 1. The zero-order chi connectivity index (χ0) is 24.6. The topological polar surface area (TPSA) is 105 Å². The van der Waals surface area contributed by atoms with Crippen molar-refractivity contribution in [3.63, 3.8) is 0 Å². The predicted octanol–water partition coefficient (Wildman–Crippen LogP) is 4.74. The first-order valence-electron chi connectivity index (χ1n) is 11.7. The number of aromatic amines is 1. The molecule has 0 saturated carbocycles. The maximum Gasteiger partial charge on any atom is 0.147 e. The molecule has 0 radical (unpaired) electrons. The number of ether oxygens (including phenoxy) is 1. The highest BCUT2D eigenvalue weighted by molar-refractivity contribution is 7.15. The molecule has 4 aromatic rings. The highest BCUT2D eigenvalue weighted by atomic mass is 35.5. The van der Waals surface area contributed by atoms with Crippen molar-refractivity contribution in [2.45, 2.75) is 38.6 Å². The van der Waals surface area contributed by atoms with Crippen LogP contribution in [0.1, 0.15) is 42.1 Å². The molecular formula is C25H24ClN7O2S. The van der Waals surface area contributed by atoms with Crippen LogP contribution >= 0.6 is 22.9 Å². The van der Waals surface area contributed by atoms with Gasteiger partial charge in [0, 0.05) is 27.8 Å². The molecule has 0 bridgehead atoms. The van der Waals surface area contributed by atoms with E-state index in [4.69, 9.17) is 16.3 Å². The monoisotopic (exact) mass is 521 g/mol. The zero-order valence-electron chi connectivity index (χ0n) is 19.5. The molecule has 1 saturated heterocycles. The van der Waals surface area contributed by atoms with Crippen LogP contribution in [0, 0.1) is 0 Å². The Morgan fingerprint density at radius 2 is 2.19 bits per heavy atom. The Morgan fingerprint density at radius 3 is 3.03 bits per heavy atom. The maximum absolute atomic E-state index is 11.2. The number of nitrogens with zero attached hydrogens (tertiary/aromatic N) is 6. The smallest absolute Gasteiger partial charge is 0.147 e. The fourth-order valence-electron chi connectivity index (χ4n) is 4.80. The Labute approximate surface area is 216 Å². The number of hydrogen-bond acceptors (Lipinski definition) is 8. The number of aliphatic hydroxyl groups is 1. The Hall–Kier alpha value is -3.31. The van der Waals surface area contributed by atoms with E-state index in [1.807, 2.05) is 36.2 Å². The third kappa shape index (κ3) is 4.26. The van der Waals surface area contributed by atoms with Crippen LogP contribution in [0.3, 0.4) is 0 Å². The number of benzene rings is 1. The molecule has 2 aliphatic rings. The van der Waals surface area contributed by atoms with Crippen molar-refractivity contribution >= 4 is 28.5 Å². The van der Waals surface area contributed by atoms with Gasteiger partial charge < -0.3 is 19.7 Å². The zero-order valence-corrected chi connectivity index (χ0v) is 21.1. The van der Waals surface area contributed by atoms with E-state index >= 15 is 0 Å². The van der Waals surface area contributed by atoms with Crippen molar-refractivity contribution in [3.8, 4) is 16.3 Å². The number of hydrogen-bond donors (Lipinski definition) is 2. The van der Waals surface area contributed by atoms with E-state index in [0.29, 0.717) is 18.2 Å². The van der Waals surface area contributed by atoms with Crippen molar-refractivity contribution in [1.82, 2.24) is 35.1 Å². The molecule has 11 heteroatoms. The van der Waals surface area contributed by atoms with Gasteiger partial charge in [-0.25, -0.2) is 4.98 Å². The second kappa shape index (κ2) is 9.62. The summed E-state index contributed by atoms with van der Waals surface area (Å²) in [5.41, 5.74) is 4.55. The van der Waals surface area contributed by atoms with E-state index in [9.17, 15) is 5.11 Å². The molecule has 1 unspecified atom stereocenters. The number of H-pyrrole nitrogens is 1. The molecule has 36 heavy (non-hydrogen) atoms. The van der Waals surface area contributed by atoms with Crippen molar-refractivity contribution in [2.24, 2.45) is 0 Å². The largest absolute Gasteiger partial charge is 0.376 e. The van der Waals surface area contributed by atoms with Crippen LogP contribution < -0.4 is 0 Å². The van der Waals surface area contributed by atoms with Gasteiger partial charge in [0.05, 0.1) is 35.1 Å². The summed E-state index contributed by atoms with van der Waals surface area (Å²) in [7, 11) is 0. The van der Waals surface area contributed by atoms with E-state index in [-0.39, 0.29) is 6.04 Å². The Bertz CT molecular complexity index is 1440. The standard InChI is InChI=1S/C25H24ClN7O2S/c1-2-35-13-18-5-8-23(36-18)20-12-27-25(29-20)22-7-4-17-9-15(10-24(34)33(17)22)19-11-16(26)3-6-21(19)32-14-28-30-31-32/h3,5-6,8-12,14,22,24,34H,2,4,7,13H2,1H3,(H,27,29)/t22-,24?/m0/s1. The first kappa shape index (κ1) is 23.1. The van der Waals surface area contributed by atoms with Crippen LogP contribution in [0.5, 0.6) is 0 Å². The molecule has 1 fully saturated rings. The molecule has 6 rings (SSSR count). The molecule has 3 aromatic heterocycles. The molecule has 2 aliphatic heterocycles. The van der Waals surface area contributed by atoms with E-state index < -0.39 is 6.23 Å². The lowest BCUT2D eigenvalue weighted by Crippen LogP contribution is -2.34. The molecule has 184 valence electrons. The first-order valence-corrected chi connectivity index (χ1v) is 12.9. The lowest BCUT2D eigenvalue weighted by Gasteiger charge is -2.33. The van der Waals surface area contributed by atoms with E-state index in [0.717, 1.165) is 51.8 Å². The highest BCUT2D eigenvalue weighted by Crippen LogP contribution is 2.44. The first-order chi connectivity index (χ1) is 17.6. The van der Waals surface area contributed by atoms with Crippen LogP contribution in [0.25, 0.3) is 21.8 Å². The summed E-state index contributed by atoms with van der Waals surface area (Å²) < 4.78 is 7.12. The number of rotatable bonds is 7. The third-order valence-electron chi connectivity index (χ3n) is 6.43.